The molecular formula is C14H14ClN. The molecule has 1 heterocycles. The van der Waals surface area contributed by atoms with Gasteiger partial charge in [0.1, 0.15) is 0 Å². The molecule has 0 fully saturated rings. The number of nitrogens with zero attached hydrogens (tertiary/aromatic N) is 1. The van der Waals surface area contributed by atoms with E-state index in [1.807, 2.05) is 24.5 Å². The number of hydrogen-bond donors (Lipinski definition) is 0. The first-order chi connectivity index (χ1) is 7.81. The molecule has 1 aromatic heterocycles. The molecule has 82 valence electrons. The molecule has 1 nitrogen and oxygen atoms in total. The molecule has 0 bridgehead atoms. The summed E-state index contributed by atoms with van der Waals surface area (Å²) in [5.41, 5.74) is 3.76. The van der Waals surface area contributed by atoms with Crippen LogP contribution < -0.4 is 0 Å². The lowest BCUT2D eigenvalue weighted by Gasteiger charge is -2.08. The van der Waals surface area contributed by atoms with Gasteiger partial charge in [-0.1, -0.05) is 37.1 Å². The van der Waals surface area contributed by atoms with Crippen LogP contribution in [0.4, 0.5) is 0 Å². The van der Waals surface area contributed by atoms with E-state index in [-0.39, 0.29) is 0 Å². The quantitative estimate of drug-likeness (QED) is 0.765. The summed E-state index contributed by atoms with van der Waals surface area (Å²) < 4.78 is 0. The molecule has 1 aromatic carbocycles. The molecule has 0 N–H and O–H groups in total. The van der Waals surface area contributed by atoms with Crippen LogP contribution in [0.2, 0.25) is 5.02 Å². The number of pyridine rings is 1. The maximum atomic E-state index is 5.89. The smallest absolute Gasteiger partial charge is 0.0406 e. The number of rotatable bonds is 3. The topological polar surface area (TPSA) is 12.9 Å². The highest BCUT2D eigenvalue weighted by Crippen LogP contribution is 2.25. The van der Waals surface area contributed by atoms with E-state index in [1.165, 1.54) is 16.7 Å². The van der Waals surface area contributed by atoms with Crippen molar-refractivity contribution in [3.05, 3.63) is 53.3 Å². The van der Waals surface area contributed by atoms with Crippen LogP contribution >= 0.6 is 11.6 Å². The predicted octanol–water partition coefficient (Wildman–Crippen LogP) is 4.35. The Bertz CT molecular complexity index is 462. The molecule has 16 heavy (non-hydrogen) atoms. The minimum absolute atomic E-state index is 0.773. The van der Waals surface area contributed by atoms with E-state index >= 15 is 0 Å². The molecule has 0 radical (unpaired) electrons. The van der Waals surface area contributed by atoms with Crippen molar-refractivity contribution < 1.29 is 0 Å². The Hall–Kier alpha value is -1.34. The van der Waals surface area contributed by atoms with Gasteiger partial charge in [0.05, 0.1) is 0 Å². The molecular weight excluding hydrogens is 218 g/mol. The van der Waals surface area contributed by atoms with Gasteiger partial charge in [-0.05, 0) is 41.3 Å². The standard InChI is InChI=1S/C14H14ClN/c1-2-3-12-10-16-9-8-14(12)11-4-6-13(15)7-5-11/h4-10H,2-3H2,1H3. The van der Waals surface area contributed by atoms with Gasteiger partial charge in [-0.2, -0.15) is 0 Å². The summed E-state index contributed by atoms with van der Waals surface area (Å²) in [4.78, 5) is 4.18. The van der Waals surface area contributed by atoms with Gasteiger partial charge in [0, 0.05) is 17.4 Å². The highest BCUT2D eigenvalue weighted by molar-refractivity contribution is 6.30. The van der Waals surface area contributed by atoms with Crippen molar-refractivity contribution in [2.75, 3.05) is 0 Å². The number of aromatic nitrogens is 1. The Balaban J connectivity index is 2.42. The third-order valence-corrected chi connectivity index (χ3v) is 2.83. The zero-order valence-corrected chi connectivity index (χ0v) is 10.0. The van der Waals surface area contributed by atoms with E-state index in [2.05, 4.69) is 30.1 Å². The Morgan fingerprint density at radius 2 is 1.88 bits per heavy atom. The maximum absolute atomic E-state index is 5.89. The van der Waals surface area contributed by atoms with Crippen molar-refractivity contribution in [2.45, 2.75) is 19.8 Å². The molecule has 0 aliphatic heterocycles. The molecule has 0 atom stereocenters. The van der Waals surface area contributed by atoms with Gasteiger partial charge < -0.3 is 0 Å². The Morgan fingerprint density at radius 1 is 1.12 bits per heavy atom. The fourth-order valence-electron chi connectivity index (χ4n) is 1.81. The normalized spacial score (nSPS) is 10.4. The van der Waals surface area contributed by atoms with Gasteiger partial charge in [0.15, 0.2) is 0 Å². The molecule has 0 amide bonds. The van der Waals surface area contributed by atoms with Gasteiger partial charge >= 0.3 is 0 Å². The molecule has 2 heteroatoms. The van der Waals surface area contributed by atoms with Crippen LogP contribution in [0.1, 0.15) is 18.9 Å². The molecule has 0 unspecified atom stereocenters. The first-order valence-corrected chi connectivity index (χ1v) is 5.88. The lowest BCUT2D eigenvalue weighted by atomic mass is 9.99. The fraction of sp³-hybridized carbons (Fsp3) is 0.214. The minimum atomic E-state index is 0.773. The first-order valence-electron chi connectivity index (χ1n) is 5.50. The van der Waals surface area contributed by atoms with Crippen molar-refractivity contribution >= 4 is 11.6 Å². The van der Waals surface area contributed by atoms with E-state index in [1.54, 1.807) is 0 Å². The van der Waals surface area contributed by atoms with Gasteiger partial charge in [-0.15, -0.1) is 0 Å². The summed E-state index contributed by atoms with van der Waals surface area (Å²) in [6, 6.07) is 10.0. The second-order valence-corrected chi connectivity index (χ2v) is 4.23. The summed E-state index contributed by atoms with van der Waals surface area (Å²) >= 11 is 5.89. The zero-order chi connectivity index (χ0) is 11.4. The summed E-state index contributed by atoms with van der Waals surface area (Å²) in [6.45, 7) is 2.18. The highest BCUT2D eigenvalue weighted by atomic mass is 35.5. The maximum Gasteiger partial charge on any atom is 0.0406 e. The Kier molecular flexibility index (Phi) is 3.58. The number of aryl methyl sites for hydroxylation is 1. The van der Waals surface area contributed by atoms with Crippen LogP contribution in [-0.4, -0.2) is 4.98 Å². The van der Waals surface area contributed by atoms with Gasteiger partial charge in [0.2, 0.25) is 0 Å². The molecule has 0 spiro atoms. The van der Waals surface area contributed by atoms with E-state index in [0.717, 1.165) is 17.9 Å². The number of hydrogen-bond acceptors (Lipinski definition) is 1. The van der Waals surface area contributed by atoms with Crippen molar-refractivity contribution in [1.29, 1.82) is 0 Å². The first kappa shape index (κ1) is 11.2. The second kappa shape index (κ2) is 5.13. The summed E-state index contributed by atoms with van der Waals surface area (Å²) in [6.07, 6.45) is 5.98. The average molecular weight is 232 g/mol. The Labute approximate surface area is 101 Å². The van der Waals surface area contributed by atoms with Crippen LogP contribution in [0, 0.1) is 0 Å². The zero-order valence-electron chi connectivity index (χ0n) is 9.28. The van der Waals surface area contributed by atoms with Crippen molar-refractivity contribution in [3.63, 3.8) is 0 Å². The van der Waals surface area contributed by atoms with Gasteiger partial charge in [-0.25, -0.2) is 0 Å². The predicted molar refractivity (Wildman–Crippen MR) is 68.7 cm³/mol. The average Bonchev–Trinajstić information content (AvgIpc) is 2.32. The minimum Gasteiger partial charge on any atom is -0.264 e. The summed E-state index contributed by atoms with van der Waals surface area (Å²) in [5, 5.41) is 0.773. The molecule has 2 rings (SSSR count). The number of halogens is 1. The van der Waals surface area contributed by atoms with Crippen molar-refractivity contribution in [1.82, 2.24) is 4.98 Å². The number of benzene rings is 1. The van der Waals surface area contributed by atoms with Crippen LogP contribution in [0.3, 0.4) is 0 Å². The van der Waals surface area contributed by atoms with Crippen LogP contribution in [0.15, 0.2) is 42.7 Å². The van der Waals surface area contributed by atoms with Crippen LogP contribution in [0.5, 0.6) is 0 Å². The largest absolute Gasteiger partial charge is 0.264 e. The highest BCUT2D eigenvalue weighted by Gasteiger charge is 2.03. The van der Waals surface area contributed by atoms with Crippen LogP contribution in [0.25, 0.3) is 11.1 Å². The van der Waals surface area contributed by atoms with E-state index in [9.17, 15) is 0 Å². The fourth-order valence-corrected chi connectivity index (χ4v) is 1.93. The van der Waals surface area contributed by atoms with Crippen molar-refractivity contribution in [3.8, 4) is 11.1 Å². The lowest BCUT2D eigenvalue weighted by molar-refractivity contribution is 0.916. The molecule has 0 saturated heterocycles. The molecule has 2 aromatic rings. The van der Waals surface area contributed by atoms with Gasteiger partial charge in [0.25, 0.3) is 0 Å². The van der Waals surface area contributed by atoms with E-state index in [4.69, 9.17) is 11.6 Å². The lowest BCUT2D eigenvalue weighted by Crippen LogP contribution is -1.90. The SMILES string of the molecule is CCCc1cnccc1-c1ccc(Cl)cc1. The molecule has 0 saturated carbocycles. The van der Waals surface area contributed by atoms with Gasteiger partial charge in [-0.3, -0.25) is 4.98 Å². The summed E-state index contributed by atoms with van der Waals surface area (Å²) in [5.74, 6) is 0. The summed E-state index contributed by atoms with van der Waals surface area (Å²) in [7, 11) is 0. The van der Waals surface area contributed by atoms with E-state index in [0.29, 0.717) is 0 Å². The van der Waals surface area contributed by atoms with E-state index < -0.39 is 0 Å². The third-order valence-electron chi connectivity index (χ3n) is 2.58. The molecule has 0 aliphatic carbocycles. The Morgan fingerprint density at radius 3 is 2.56 bits per heavy atom. The monoisotopic (exact) mass is 231 g/mol. The molecule has 0 aliphatic rings. The second-order valence-electron chi connectivity index (χ2n) is 3.79. The third kappa shape index (κ3) is 2.42. The van der Waals surface area contributed by atoms with Crippen LogP contribution in [-0.2, 0) is 6.42 Å². The van der Waals surface area contributed by atoms with Crippen molar-refractivity contribution in [2.24, 2.45) is 0 Å².